The molecular weight excluding hydrogens is 248 g/mol. The monoisotopic (exact) mass is 260 g/mol. The summed E-state index contributed by atoms with van der Waals surface area (Å²) >= 11 is 7.10. The lowest BCUT2D eigenvalue weighted by molar-refractivity contribution is 0.813. The first kappa shape index (κ1) is 10.7. The Morgan fingerprint density at radius 1 is 1.35 bits per heavy atom. The van der Waals surface area contributed by atoms with Crippen LogP contribution in [0.2, 0.25) is 0 Å². The molecule has 3 aromatic rings. The summed E-state index contributed by atoms with van der Waals surface area (Å²) < 4.78 is 2.93. The van der Waals surface area contributed by atoms with E-state index in [9.17, 15) is 0 Å². The highest BCUT2D eigenvalue weighted by atomic mass is 32.1. The fourth-order valence-electron chi connectivity index (χ4n) is 2.00. The molecule has 0 radical (unpaired) electrons. The van der Waals surface area contributed by atoms with Crippen LogP contribution in [0.3, 0.4) is 0 Å². The van der Waals surface area contributed by atoms with E-state index in [0.717, 1.165) is 16.8 Å². The molecule has 0 atom stereocenters. The summed E-state index contributed by atoms with van der Waals surface area (Å²) in [5, 5.41) is 4.26. The topological polar surface area (TPSA) is 20.7 Å². The Labute approximate surface area is 109 Å². The third kappa shape index (κ3) is 1.94. The number of aromatic nitrogens is 2. The number of H-pyrrole nitrogens is 1. The summed E-state index contributed by atoms with van der Waals surface area (Å²) in [5.41, 5.74) is 4.83. The first-order chi connectivity index (χ1) is 8.24. The van der Waals surface area contributed by atoms with Crippen LogP contribution in [0, 0.1) is 11.7 Å². The highest BCUT2D eigenvalue weighted by Gasteiger charge is 2.05. The van der Waals surface area contributed by atoms with Crippen molar-refractivity contribution in [1.82, 2.24) is 9.55 Å². The molecule has 86 valence electrons. The zero-order valence-electron chi connectivity index (χ0n) is 9.43. The van der Waals surface area contributed by atoms with E-state index in [4.69, 9.17) is 12.2 Å². The molecule has 1 N–H and O–H groups in total. The smallest absolute Gasteiger partial charge is 0.178 e. The van der Waals surface area contributed by atoms with Crippen molar-refractivity contribution in [1.29, 1.82) is 0 Å². The van der Waals surface area contributed by atoms with Gasteiger partial charge in [-0.2, -0.15) is 11.3 Å². The Bertz CT molecular complexity index is 705. The zero-order valence-corrected chi connectivity index (χ0v) is 11.1. The van der Waals surface area contributed by atoms with E-state index in [1.807, 2.05) is 0 Å². The van der Waals surface area contributed by atoms with Gasteiger partial charge in [-0.05, 0) is 59.2 Å². The molecule has 1 aromatic carbocycles. The highest BCUT2D eigenvalue weighted by molar-refractivity contribution is 7.71. The minimum atomic E-state index is 0.789. The number of fused-ring (bicyclic) bond motifs is 1. The number of benzene rings is 1. The number of nitrogens with one attached hydrogen (secondary N) is 1. The van der Waals surface area contributed by atoms with Gasteiger partial charge in [-0.15, -0.1) is 0 Å². The quantitative estimate of drug-likeness (QED) is 0.687. The average Bonchev–Trinajstić information content (AvgIpc) is 2.88. The second-order valence-electron chi connectivity index (χ2n) is 4.17. The fourth-order valence-corrected chi connectivity index (χ4v) is 2.93. The second-order valence-corrected chi connectivity index (χ2v) is 5.34. The van der Waals surface area contributed by atoms with E-state index in [1.54, 1.807) is 11.3 Å². The molecule has 0 saturated heterocycles. The first-order valence-electron chi connectivity index (χ1n) is 5.44. The van der Waals surface area contributed by atoms with E-state index >= 15 is 0 Å². The summed E-state index contributed by atoms with van der Waals surface area (Å²) in [6, 6.07) is 8.52. The Morgan fingerprint density at radius 2 is 2.24 bits per heavy atom. The maximum atomic E-state index is 5.38. The normalized spacial score (nSPS) is 11.1. The van der Waals surface area contributed by atoms with Crippen molar-refractivity contribution in [3.63, 3.8) is 0 Å². The largest absolute Gasteiger partial charge is 0.331 e. The zero-order chi connectivity index (χ0) is 11.8. The highest BCUT2D eigenvalue weighted by Crippen LogP contribution is 2.18. The van der Waals surface area contributed by atoms with Gasteiger partial charge in [0, 0.05) is 0 Å². The van der Waals surface area contributed by atoms with Gasteiger partial charge in [0.2, 0.25) is 0 Å². The van der Waals surface area contributed by atoms with E-state index in [1.165, 1.54) is 16.6 Å². The maximum Gasteiger partial charge on any atom is 0.178 e. The molecule has 0 spiro atoms. The van der Waals surface area contributed by atoms with Gasteiger partial charge in [0.1, 0.15) is 0 Å². The summed E-state index contributed by atoms with van der Waals surface area (Å²) in [5.74, 6) is 0. The van der Waals surface area contributed by atoms with Gasteiger partial charge in [0.15, 0.2) is 4.77 Å². The van der Waals surface area contributed by atoms with E-state index in [0.29, 0.717) is 0 Å². The molecule has 2 aromatic heterocycles. The van der Waals surface area contributed by atoms with Crippen LogP contribution in [0.5, 0.6) is 0 Å². The van der Waals surface area contributed by atoms with E-state index < -0.39 is 0 Å². The van der Waals surface area contributed by atoms with Gasteiger partial charge in [-0.25, -0.2) is 0 Å². The molecule has 0 bridgehead atoms. The minimum absolute atomic E-state index is 0.789. The standard InChI is InChI=1S/C13H12N2S2/c1-9-2-3-12-11(6-9)14-13(16)15(12)7-10-4-5-17-8-10/h2-6,8H,7H2,1H3,(H,14,16). The predicted octanol–water partition coefficient (Wildman–Crippen LogP) is 4.12. The number of nitrogens with zero attached hydrogens (tertiary/aromatic N) is 1. The molecule has 0 aliphatic carbocycles. The molecular formula is C13H12N2S2. The molecule has 17 heavy (non-hydrogen) atoms. The van der Waals surface area contributed by atoms with E-state index in [2.05, 4.69) is 51.5 Å². The number of imidazole rings is 1. The Balaban J connectivity index is 2.16. The molecule has 0 aliphatic heterocycles. The van der Waals surface area contributed by atoms with Crippen LogP contribution in [0.4, 0.5) is 0 Å². The minimum Gasteiger partial charge on any atom is -0.331 e. The van der Waals surface area contributed by atoms with Crippen molar-refractivity contribution in [2.75, 3.05) is 0 Å². The van der Waals surface area contributed by atoms with Crippen molar-refractivity contribution < 1.29 is 0 Å². The van der Waals surface area contributed by atoms with E-state index in [-0.39, 0.29) is 0 Å². The van der Waals surface area contributed by atoms with Crippen molar-refractivity contribution in [3.05, 3.63) is 50.9 Å². The molecule has 4 heteroatoms. The number of hydrogen-bond acceptors (Lipinski definition) is 2. The molecule has 2 heterocycles. The van der Waals surface area contributed by atoms with Crippen molar-refractivity contribution in [3.8, 4) is 0 Å². The molecule has 0 unspecified atom stereocenters. The average molecular weight is 260 g/mol. The number of aromatic amines is 1. The third-order valence-corrected chi connectivity index (χ3v) is 3.90. The van der Waals surface area contributed by atoms with Crippen LogP contribution in [0.1, 0.15) is 11.1 Å². The van der Waals surface area contributed by atoms with Gasteiger partial charge in [0.05, 0.1) is 17.6 Å². The van der Waals surface area contributed by atoms with Crippen LogP contribution < -0.4 is 0 Å². The SMILES string of the molecule is Cc1ccc2c(c1)[nH]c(=S)n2Cc1ccsc1. The molecule has 3 rings (SSSR count). The summed E-state index contributed by atoms with van der Waals surface area (Å²) in [6.45, 7) is 2.93. The van der Waals surface area contributed by atoms with Crippen molar-refractivity contribution in [2.24, 2.45) is 0 Å². The van der Waals surface area contributed by atoms with Crippen LogP contribution in [0.25, 0.3) is 11.0 Å². The Hall–Kier alpha value is -1.39. The van der Waals surface area contributed by atoms with Crippen molar-refractivity contribution in [2.45, 2.75) is 13.5 Å². The lowest BCUT2D eigenvalue weighted by Gasteiger charge is -2.02. The van der Waals surface area contributed by atoms with Crippen molar-refractivity contribution >= 4 is 34.6 Å². The molecule has 0 saturated carbocycles. The third-order valence-electron chi connectivity index (χ3n) is 2.85. The summed E-state index contributed by atoms with van der Waals surface area (Å²) in [6.07, 6.45) is 0. The number of rotatable bonds is 2. The maximum absolute atomic E-state index is 5.38. The van der Waals surface area contributed by atoms with Gasteiger partial charge in [-0.3, -0.25) is 0 Å². The fraction of sp³-hybridized carbons (Fsp3) is 0.154. The lowest BCUT2D eigenvalue weighted by Crippen LogP contribution is -1.98. The van der Waals surface area contributed by atoms with Gasteiger partial charge < -0.3 is 9.55 Å². The lowest BCUT2D eigenvalue weighted by atomic mass is 10.2. The number of thiophene rings is 1. The van der Waals surface area contributed by atoms with Crippen LogP contribution in [0.15, 0.2) is 35.0 Å². The Morgan fingerprint density at radius 3 is 3.00 bits per heavy atom. The van der Waals surface area contributed by atoms with Crippen LogP contribution in [-0.2, 0) is 6.54 Å². The van der Waals surface area contributed by atoms with Gasteiger partial charge >= 0.3 is 0 Å². The molecule has 0 fully saturated rings. The summed E-state index contributed by atoms with van der Waals surface area (Å²) in [7, 11) is 0. The second kappa shape index (κ2) is 4.13. The Kier molecular flexibility index (Phi) is 2.61. The van der Waals surface area contributed by atoms with Gasteiger partial charge in [-0.1, -0.05) is 6.07 Å². The summed E-state index contributed by atoms with van der Waals surface area (Å²) in [4.78, 5) is 3.26. The molecule has 0 amide bonds. The van der Waals surface area contributed by atoms with Crippen LogP contribution >= 0.6 is 23.6 Å². The molecule has 2 nitrogen and oxygen atoms in total. The number of hydrogen-bond donors (Lipinski definition) is 1. The molecule has 0 aliphatic rings. The van der Waals surface area contributed by atoms with Gasteiger partial charge in [0.25, 0.3) is 0 Å². The predicted molar refractivity (Wildman–Crippen MR) is 75.3 cm³/mol. The number of aryl methyl sites for hydroxylation is 1. The van der Waals surface area contributed by atoms with Crippen LogP contribution in [-0.4, -0.2) is 9.55 Å². The first-order valence-corrected chi connectivity index (χ1v) is 6.79.